The molecule has 4 aromatic rings. The number of hydrogen-bond donors (Lipinski definition) is 1. The lowest BCUT2D eigenvalue weighted by atomic mass is 10.0. The van der Waals surface area contributed by atoms with Gasteiger partial charge in [-0.25, -0.2) is 12.8 Å². The average molecular weight is 658 g/mol. The highest BCUT2D eigenvalue weighted by Gasteiger charge is 2.35. The molecule has 0 aliphatic carbocycles. The van der Waals surface area contributed by atoms with E-state index in [-0.39, 0.29) is 35.3 Å². The predicted octanol–water partition coefficient (Wildman–Crippen LogP) is 6.87. The van der Waals surface area contributed by atoms with E-state index in [1.165, 1.54) is 23.1 Å². The smallest absolute Gasteiger partial charge is 0.264 e. The summed E-state index contributed by atoms with van der Waals surface area (Å²) in [5.41, 5.74) is 3.22. The Kier molecular flexibility index (Phi) is 11.9. The number of aryl methyl sites for hydroxylation is 1. The minimum Gasteiger partial charge on any atom is -0.354 e. The van der Waals surface area contributed by atoms with Crippen LogP contribution in [0.1, 0.15) is 55.9 Å². The summed E-state index contributed by atoms with van der Waals surface area (Å²) in [4.78, 5) is 29.7. The first-order valence-corrected chi connectivity index (χ1v) is 17.3. The van der Waals surface area contributed by atoms with Crippen molar-refractivity contribution in [1.82, 2.24) is 10.2 Å². The molecule has 0 radical (unpaired) electrons. The summed E-state index contributed by atoms with van der Waals surface area (Å²) in [7, 11) is -4.23. The lowest BCUT2D eigenvalue weighted by Crippen LogP contribution is -2.53. The van der Waals surface area contributed by atoms with E-state index in [0.29, 0.717) is 12.2 Å². The van der Waals surface area contributed by atoms with Crippen LogP contribution in [0.3, 0.4) is 0 Å². The molecule has 248 valence electrons. The maximum Gasteiger partial charge on any atom is 0.264 e. The molecule has 4 rings (SSSR count). The molecule has 0 unspecified atom stereocenters. The van der Waals surface area contributed by atoms with Crippen molar-refractivity contribution >= 4 is 27.5 Å². The Morgan fingerprint density at radius 3 is 2.02 bits per heavy atom. The van der Waals surface area contributed by atoms with Gasteiger partial charge in [-0.15, -0.1) is 0 Å². The van der Waals surface area contributed by atoms with Gasteiger partial charge in [0.25, 0.3) is 10.0 Å². The van der Waals surface area contributed by atoms with Crippen molar-refractivity contribution < 1.29 is 22.4 Å². The molecule has 0 saturated heterocycles. The van der Waals surface area contributed by atoms with E-state index in [9.17, 15) is 18.0 Å². The second kappa shape index (κ2) is 15.9. The van der Waals surface area contributed by atoms with Crippen molar-refractivity contribution in [1.29, 1.82) is 0 Å². The Morgan fingerprint density at radius 2 is 1.43 bits per heavy atom. The molecule has 2 amide bonds. The van der Waals surface area contributed by atoms with Crippen molar-refractivity contribution in [3.05, 3.63) is 131 Å². The van der Waals surface area contributed by atoms with Crippen LogP contribution in [0.4, 0.5) is 10.1 Å². The fraction of sp³-hybridized carbons (Fsp3) is 0.316. The van der Waals surface area contributed by atoms with Crippen molar-refractivity contribution in [3.63, 3.8) is 0 Å². The first-order chi connectivity index (χ1) is 22.4. The molecule has 47 heavy (non-hydrogen) atoms. The Bertz CT molecular complexity index is 1740. The van der Waals surface area contributed by atoms with Crippen LogP contribution in [0, 0.1) is 18.7 Å². The zero-order chi connectivity index (χ0) is 34.1. The fourth-order valence-electron chi connectivity index (χ4n) is 5.18. The summed E-state index contributed by atoms with van der Waals surface area (Å²) < 4.78 is 44.6. The fourth-order valence-corrected chi connectivity index (χ4v) is 6.59. The van der Waals surface area contributed by atoms with Crippen molar-refractivity contribution in [2.45, 2.75) is 64.4 Å². The van der Waals surface area contributed by atoms with Crippen LogP contribution in [0.2, 0.25) is 0 Å². The molecule has 9 heteroatoms. The molecule has 1 atom stereocenters. The number of sulfonamides is 1. The van der Waals surface area contributed by atoms with E-state index in [1.54, 1.807) is 42.5 Å². The second-order valence-electron chi connectivity index (χ2n) is 12.5. The van der Waals surface area contributed by atoms with E-state index >= 15 is 4.39 Å². The number of anilines is 1. The summed E-state index contributed by atoms with van der Waals surface area (Å²) in [5, 5.41) is 2.94. The van der Waals surface area contributed by atoms with Crippen LogP contribution in [-0.4, -0.2) is 44.3 Å². The molecule has 0 heterocycles. The highest BCUT2D eigenvalue weighted by molar-refractivity contribution is 7.92. The minimum atomic E-state index is -4.23. The van der Waals surface area contributed by atoms with Gasteiger partial charge in [0.05, 0.1) is 10.6 Å². The van der Waals surface area contributed by atoms with Crippen LogP contribution in [0.5, 0.6) is 0 Å². The molecule has 0 aromatic heterocycles. The largest absolute Gasteiger partial charge is 0.354 e. The van der Waals surface area contributed by atoms with Gasteiger partial charge in [0.2, 0.25) is 11.8 Å². The highest BCUT2D eigenvalue weighted by atomic mass is 32.2. The maximum atomic E-state index is 15.1. The number of halogens is 1. The lowest BCUT2D eigenvalue weighted by Gasteiger charge is -2.34. The number of carbonyl (C=O) groups excluding carboxylic acids is 2. The molecule has 0 spiro atoms. The molecule has 0 saturated carbocycles. The summed E-state index contributed by atoms with van der Waals surface area (Å²) in [5.74, 6) is -1.21. The first kappa shape index (κ1) is 35.4. The van der Waals surface area contributed by atoms with Crippen LogP contribution in [0.25, 0.3) is 0 Å². The van der Waals surface area contributed by atoms with Crippen molar-refractivity contribution in [2.24, 2.45) is 5.92 Å². The number of rotatable bonds is 14. The number of nitrogens with one attached hydrogen (secondary N) is 1. The Balaban J connectivity index is 1.81. The van der Waals surface area contributed by atoms with E-state index < -0.39 is 40.2 Å². The normalized spacial score (nSPS) is 12.2. The number of carbonyl (C=O) groups is 2. The van der Waals surface area contributed by atoms with E-state index in [0.717, 1.165) is 21.0 Å². The SMILES string of the molecule is Cc1ccc(S(=O)(=O)N(CC(=O)N(Cc2ccccc2F)[C@@H](Cc2ccccc2)C(=O)NCC(C)C)c2ccc(C(C)C)cc2)cc1. The van der Waals surface area contributed by atoms with Gasteiger partial charge >= 0.3 is 0 Å². The number of benzene rings is 4. The first-order valence-electron chi connectivity index (χ1n) is 15.9. The molecule has 0 aliphatic rings. The second-order valence-corrected chi connectivity index (χ2v) is 14.4. The summed E-state index contributed by atoms with van der Waals surface area (Å²) in [6.07, 6.45) is 0.152. The molecule has 0 bridgehead atoms. The van der Waals surface area contributed by atoms with Gasteiger partial charge in [-0.3, -0.25) is 13.9 Å². The summed E-state index contributed by atoms with van der Waals surface area (Å²) in [6, 6.07) is 27.8. The Hall–Kier alpha value is -4.50. The zero-order valence-electron chi connectivity index (χ0n) is 27.7. The number of nitrogens with zero attached hydrogens (tertiary/aromatic N) is 2. The van der Waals surface area contributed by atoms with Crippen molar-refractivity contribution in [2.75, 3.05) is 17.4 Å². The molecular weight excluding hydrogens is 614 g/mol. The maximum absolute atomic E-state index is 15.1. The molecule has 7 nitrogen and oxygen atoms in total. The molecule has 4 aromatic carbocycles. The molecule has 0 aliphatic heterocycles. The molecule has 1 N–H and O–H groups in total. The number of amides is 2. The third-order valence-corrected chi connectivity index (χ3v) is 9.78. The third kappa shape index (κ3) is 9.29. The minimum absolute atomic E-state index is 0.0278. The van der Waals surface area contributed by atoms with E-state index in [1.807, 2.05) is 77.1 Å². The molecule has 0 fully saturated rings. The van der Waals surface area contributed by atoms with Crippen LogP contribution in [0.15, 0.2) is 108 Å². The quantitative estimate of drug-likeness (QED) is 0.161. The van der Waals surface area contributed by atoms with Crippen LogP contribution in [-0.2, 0) is 32.6 Å². The highest BCUT2D eigenvalue weighted by Crippen LogP contribution is 2.27. The monoisotopic (exact) mass is 657 g/mol. The van der Waals surface area contributed by atoms with Gasteiger partial charge in [0.15, 0.2) is 0 Å². The van der Waals surface area contributed by atoms with Gasteiger partial charge in [0, 0.05) is 25.1 Å². The standard InChI is InChI=1S/C38H44FN3O4S/c1-27(2)24-40-38(44)36(23-30-11-7-6-8-12-30)41(25-32-13-9-10-14-35(32)39)37(43)26-42(33-19-17-31(18-20-33)28(3)4)47(45,46)34-21-15-29(5)16-22-34/h6-22,27-28,36H,23-26H2,1-5H3,(H,40,44)/t36-/m0/s1. The number of hydrogen-bond acceptors (Lipinski definition) is 4. The van der Waals surface area contributed by atoms with E-state index in [4.69, 9.17) is 0 Å². The van der Waals surface area contributed by atoms with Crippen LogP contribution >= 0.6 is 0 Å². The van der Waals surface area contributed by atoms with Gasteiger partial charge in [-0.1, -0.05) is 106 Å². The van der Waals surface area contributed by atoms with Gasteiger partial charge in [0.1, 0.15) is 18.4 Å². The lowest BCUT2D eigenvalue weighted by molar-refractivity contribution is -0.140. The Morgan fingerprint density at radius 1 is 0.809 bits per heavy atom. The Labute approximate surface area is 278 Å². The van der Waals surface area contributed by atoms with E-state index in [2.05, 4.69) is 5.32 Å². The van der Waals surface area contributed by atoms with Gasteiger partial charge in [-0.2, -0.15) is 0 Å². The summed E-state index contributed by atoms with van der Waals surface area (Å²) in [6.45, 7) is 9.41. The van der Waals surface area contributed by atoms with Crippen LogP contribution < -0.4 is 9.62 Å². The van der Waals surface area contributed by atoms with Gasteiger partial charge in [-0.05, 0) is 60.2 Å². The topological polar surface area (TPSA) is 86.8 Å². The van der Waals surface area contributed by atoms with Crippen molar-refractivity contribution in [3.8, 4) is 0 Å². The zero-order valence-corrected chi connectivity index (χ0v) is 28.5. The predicted molar refractivity (Wildman–Crippen MR) is 185 cm³/mol. The third-order valence-electron chi connectivity index (χ3n) is 7.99. The molecular formula is C38H44FN3O4S. The van der Waals surface area contributed by atoms with Gasteiger partial charge < -0.3 is 10.2 Å². The summed E-state index contributed by atoms with van der Waals surface area (Å²) >= 11 is 0. The average Bonchev–Trinajstić information content (AvgIpc) is 3.05.